The first-order valence-electron chi connectivity index (χ1n) is 5.07. The van der Waals surface area contributed by atoms with Gasteiger partial charge in [0.05, 0.1) is 14.2 Å². The molecule has 1 rings (SSSR count). The average Bonchev–Trinajstić information content (AvgIpc) is 2.27. The van der Waals surface area contributed by atoms with Crippen molar-refractivity contribution in [3.63, 3.8) is 0 Å². The van der Waals surface area contributed by atoms with Crippen molar-refractivity contribution in [1.82, 2.24) is 0 Å². The molecular formula is C12H19NO2. The summed E-state index contributed by atoms with van der Waals surface area (Å²) in [5.74, 6) is 1.45. The Morgan fingerprint density at radius 2 is 1.93 bits per heavy atom. The van der Waals surface area contributed by atoms with Crippen LogP contribution in [0, 0.1) is 0 Å². The molecule has 0 aliphatic heterocycles. The first kappa shape index (κ1) is 11.9. The molecule has 84 valence electrons. The highest BCUT2D eigenvalue weighted by Gasteiger charge is 2.24. The van der Waals surface area contributed by atoms with Gasteiger partial charge in [-0.2, -0.15) is 0 Å². The third-order valence-electron chi connectivity index (χ3n) is 2.75. The van der Waals surface area contributed by atoms with Gasteiger partial charge < -0.3 is 15.2 Å². The summed E-state index contributed by atoms with van der Waals surface area (Å²) in [6.45, 7) is 4.04. The first-order chi connectivity index (χ1) is 7.06. The van der Waals surface area contributed by atoms with Crippen molar-refractivity contribution in [3.8, 4) is 11.5 Å². The van der Waals surface area contributed by atoms with E-state index in [1.807, 2.05) is 25.1 Å². The van der Waals surface area contributed by atoms with E-state index in [4.69, 9.17) is 15.2 Å². The molecule has 0 radical (unpaired) electrons. The second-order valence-corrected chi connectivity index (χ2v) is 3.81. The molecule has 0 aliphatic rings. The smallest absolute Gasteiger partial charge is 0.165 e. The zero-order valence-corrected chi connectivity index (χ0v) is 9.83. The van der Waals surface area contributed by atoms with Gasteiger partial charge in [0, 0.05) is 11.1 Å². The van der Waals surface area contributed by atoms with Crippen molar-refractivity contribution in [2.45, 2.75) is 25.8 Å². The van der Waals surface area contributed by atoms with Crippen molar-refractivity contribution >= 4 is 0 Å². The van der Waals surface area contributed by atoms with Crippen molar-refractivity contribution in [1.29, 1.82) is 0 Å². The van der Waals surface area contributed by atoms with Crippen LogP contribution in [0.5, 0.6) is 11.5 Å². The second kappa shape index (κ2) is 4.53. The number of para-hydroxylation sites is 1. The maximum absolute atomic E-state index is 6.20. The van der Waals surface area contributed by atoms with E-state index in [2.05, 4.69) is 6.92 Å². The van der Waals surface area contributed by atoms with Crippen molar-refractivity contribution in [2.24, 2.45) is 5.73 Å². The lowest BCUT2D eigenvalue weighted by atomic mass is 9.89. The molecule has 0 aliphatic carbocycles. The van der Waals surface area contributed by atoms with Crippen LogP contribution < -0.4 is 15.2 Å². The molecule has 1 aromatic rings. The summed E-state index contributed by atoms with van der Waals surface area (Å²) in [5, 5.41) is 0. The Morgan fingerprint density at radius 3 is 2.40 bits per heavy atom. The standard InChI is InChI=1S/C12H19NO2/c1-5-12(2,13)9-7-6-8-10(14-3)11(9)15-4/h6-8H,5,13H2,1-4H3. The molecule has 1 unspecified atom stereocenters. The monoisotopic (exact) mass is 209 g/mol. The van der Waals surface area contributed by atoms with E-state index < -0.39 is 0 Å². The Balaban J connectivity index is 3.29. The second-order valence-electron chi connectivity index (χ2n) is 3.81. The number of hydrogen-bond donors (Lipinski definition) is 1. The zero-order chi connectivity index (χ0) is 11.5. The number of benzene rings is 1. The summed E-state index contributed by atoms with van der Waals surface area (Å²) in [5.41, 5.74) is 6.79. The molecule has 0 fully saturated rings. The molecule has 2 N–H and O–H groups in total. The van der Waals surface area contributed by atoms with Crippen LogP contribution in [0.1, 0.15) is 25.8 Å². The van der Waals surface area contributed by atoms with Crippen LogP contribution in [0.15, 0.2) is 18.2 Å². The Labute approximate surface area is 91.2 Å². The summed E-state index contributed by atoms with van der Waals surface area (Å²) >= 11 is 0. The molecule has 0 heterocycles. The predicted octanol–water partition coefficient (Wildman–Crippen LogP) is 2.29. The number of hydrogen-bond acceptors (Lipinski definition) is 3. The fourth-order valence-electron chi connectivity index (χ4n) is 1.53. The molecule has 0 bridgehead atoms. The molecule has 0 saturated heterocycles. The van der Waals surface area contributed by atoms with E-state index in [1.54, 1.807) is 14.2 Å². The minimum Gasteiger partial charge on any atom is -0.493 e. The number of ether oxygens (including phenoxy) is 2. The molecule has 0 amide bonds. The van der Waals surface area contributed by atoms with Crippen molar-refractivity contribution < 1.29 is 9.47 Å². The maximum Gasteiger partial charge on any atom is 0.165 e. The Bertz CT molecular complexity index is 334. The predicted molar refractivity (Wildman–Crippen MR) is 61.4 cm³/mol. The topological polar surface area (TPSA) is 44.5 Å². The van der Waals surface area contributed by atoms with Crippen LogP contribution in [0.2, 0.25) is 0 Å². The number of nitrogens with two attached hydrogens (primary N) is 1. The van der Waals surface area contributed by atoms with Gasteiger partial charge in [-0.1, -0.05) is 19.1 Å². The van der Waals surface area contributed by atoms with Gasteiger partial charge in [-0.05, 0) is 19.4 Å². The quantitative estimate of drug-likeness (QED) is 0.827. The third kappa shape index (κ3) is 2.23. The van der Waals surface area contributed by atoms with E-state index in [-0.39, 0.29) is 5.54 Å². The van der Waals surface area contributed by atoms with E-state index >= 15 is 0 Å². The summed E-state index contributed by atoms with van der Waals surface area (Å²) < 4.78 is 10.6. The van der Waals surface area contributed by atoms with E-state index in [1.165, 1.54) is 0 Å². The lowest BCUT2D eigenvalue weighted by Gasteiger charge is -2.26. The molecule has 1 aromatic carbocycles. The highest BCUT2D eigenvalue weighted by Crippen LogP contribution is 2.37. The molecule has 0 aromatic heterocycles. The summed E-state index contributed by atoms with van der Waals surface area (Å²) in [6, 6.07) is 5.77. The van der Waals surface area contributed by atoms with Crippen molar-refractivity contribution in [2.75, 3.05) is 14.2 Å². The fourth-order valence-corrected chi connectivity index (χ4v) is 1.53. The third-order valence-corrected chi connectivity index (χ3v) is 2.75. The van der Waals surface area contributed by atoms with Gasteiger partial charge in [0.25, 0.3) is 0 Å². The molecule has 0 spiro atoms. The molecule has 3 nitrogen and oxygen atoms in total. The summed E-state index contributed by atoms with van der Waals surface area (Å²) in [7, 11) is 3.26. The van der Waals surface area contributed by atoms with Gasteiger partial charge in [0.15, 0.2) is 11.5 Å². The largest absolute Gasteiger partial charge is 0.493 e. The van der Waals surface area contributed by atoms with Gasteiger partial charge >= 0.3 is 0 Å². The highest BCUT2D eigenvalue weighted by molar-refractivity contribution is 5.49. The average molecular weight is 209 g/mol. The molecule has 3 heteroatoms. The minimum atomic E-state index is -0.389. The molecule has 1 atom stereocenters. The zero-order valence-electron chi connectivity index (χ0n) is 9.83. The number of methoxy groups -OCH3 is 2. The van der Waals surface area contributed by atoms with Crippen molar-refractivity contribution in [3.05, 3.63) is 23.8 Å². The van der Waals surface area contributed by atoms with Gasteiger partial charge in [-0.25, -0.2) is 0 Å². The summed E-state index contributed by atoms with van der Waals surface area (Å²) in [6.07, 6.45) is 0.844. The Morgan fingerprint density at radius 1 is 1.27 bits per heavy atom. The maximum atomic E-state index is 6.20. The van der Waals surface area contributed by atoms with Crippen LogP contribution in [-0.4, -0.2) is 14.2 Å². The lowest BCUT2D eigenvalue weighted by Crippen LogP contribution is -2.32. The van der Waals surface area contributed by atoms with E-state index in [0.29, 0.717) is 0 Å². The Kier molecular flexibility index (Phi) is 3.58. The normalized spacial score (nSPS) is 14.5. The van der Waals surface area contributed by atoms with E-state index in [0.717, 1.165) is 23.5 Å². The highest BCUT2D eigenvalue weighted by atomic mass is 16.5. The van der Waals surface area contributed by atoms with Crippen LogP contribution in [0.25, 0.3) is 0 Å². The minimum absolute atomic E-state index is 0.389. The molecule has 15 heavy (non-hydrogen) atoms. The van der Waals surface area contributed by atoms with Crippen LogP contribution in [0.3, 0.4) is 0 Å². The first-order valence-corrected chi connectivity index (χ1v) is 5.07. The van der Waals surface area contributed by atoms with Crippen LogP contribution >= 0.6 is 0 Å². The van der Waals surface area contributed by atoms with Gasteiger partial charge in [-0.3, -0.25) is 0 Å². The van der Waals surface area contributed by atoms with Gasteiger partial charge in [0.2, 0.25) is 0 Å². The fraction of sp³-hybridized carbons (Fsp3) is 0.500. The van der Waals surface area contributed by atoms with E-state index in [9.17, 15) is 0 Å². The van der Waals surface area contributed by atoms with Gasteiger partial charge in [0.1, 0.15) is 0 Å². The number of rotatable bonds is 4. The van der Waals surface area contributed by atoms with Gasteiger partial charge in [-0.15, -0.1) is 0 Å². The lowest BCUT2D eigenvalue weighted by molar-refractivity contribution is 0.339. The summed E-state index contributed by atoms with van der Waals surface area (Å²) in [4.78, 5) is 0. The molecule has 0 saturated carbocycles. The van der Waals surface area contributed by atoms with Crippen LogP contribution in [-0.2, 0) is 5.54 Å². The SMILES string of the molecule is CCC(C)(N)c1cccc(OC)c1OC. The Hall–Kier alpha value is -1.22. The van der Waals surface area contributed by atoms with Crippen LogP contribution in [0.4, 0.5) is 0 Å². The molecular weight excluding hydrogens is 190 g/mol.